The van der Waals surface area contributed by atoms with Crippen LogP contribution in [0.25, 0.3) is 10.8 Å². The van der Waals surface area contributed by atoms with Crippen molar-refractivity contribution in [3.05, 3.63) is 42.5 Å². The van der Waals surface area contributed by atoms with Crippen LogP contribution in [0.15, 0.2) is 42.5 Å². The molecule has 0 saturated carbocycles. The zero-order valence-corrected chi connectivity index (χ0v) is 12.3. The molecule has 1 heterocycles. The minimum Gasteiger partial charge on any atom is -0.390 e. The van der Waals surface area contributed by atoms with Gasteiger partial charge >= 0.3 is 0 Å². The lowest BCUT2D eigenvalue weighted by Gasteiger charge is -2.29. The smallest absolute Gasteiger partial charge is 0.0839 e. The summed E-state index contributed by atoms with van der Waals surface area (Å²) in [7, 11) is 0. The Bertz CT molecular complexity index is 581. The summed E-state index contributed by atoms with van der Waals surface area (Å²) in [6.07, 6.45) is -0.338. The Morgan fingerprint density at radius 1 is 1.10 bits per heavy atom. The monoisotopic (exact) mass is 285 g/mol. The fourth-order valence-corrected chi connectivity index (χ4v) is 2.79. The van der Waals surface area contributed by atoms with Gasteiger partial charge in [0, 0.05) is 45.0 Å². The number of aliphatic hydroxyl groups excluding tert-OH is 1. The predicted octanol–water partition coefficient (Wildman–Crippen LogP) is 1.52. The number of fused-ring (bicyclic) bond motifs is 1. The van der Waals surface area contributed by atoms with Crippen molar-refractivity contribution in [2.45, 2.75) is 6.10 Å². The van der Waals surface area contributed by atoms with Crippen molar-refractivity contribution in [3.63, 3.8) is 0 Å². The summed E-state index contributed by atoms with van der Waals surface area (Å²) in [6, 6.07) is 14.6. The Kier molecular flexibility index (Phi) is 4.70. The van der Waals surface area contributed by atoms with Crippen molar-refractivity contribution in [1.29, 1.82) is 0 Å². The summed E-state index contributed by atoms with van der Waals surface area (Å²) in [4.78, 5) is 2.31. The Labute approximate surface area is 125 Å². The first-order chi connectivity index (χ1) is 10.3. The summed E-state index contributed by atoms with van der Waals surface area (Å²) < 4.78 is 0. The molecule has 1 unspecified atom stereocenters. The van der Waals surface area contributed by atoms with Gasteiger partial charge in [0.15, 0.2) is 0 Å². The third-order valence-electron chi connectivity index (χ3n) is 3.97. The molecule has 21 heavy (non-hydrogen) atoms. The van der Waals surface area contributed by atoms with Gasteiger partial charge in [-0.3, -0.25) is 4.90 Å². The Morgan fingerprint density at radius 3 is 2.67 bits per heavy atom. The van der Waals surface area contributed by atoms with E-state index in [1.807, 2.05) is 12.1 Å². The van der Waals surface area contributed by atoms with Crippen LogP contribution in [0, 0.1) is 0 Å². The number of rotatable bonds is 5. The van der Waals surface area contributed by atoms with Crippen molar-refractivity contribution >= 4 is 16.5 Å². The second kappa shape index (κ2) is 6.89. The summed E-state index contributed by atoms with van der Waals surface area (Å²) >= 11 is 0. The van der Waals surface area contributed by atoms with E-state index < -0.39 is 0 Å². The van der Waals surface area contributed by atoms with Crippen LogP contribution in [0.3, 0.4) is 0 Å². The number of nitrogens with zero attached hydrogens (tertiary/aromatic N) is 1. The molecule has 1 aliphatic heterocycles. The molecular formula is C17H23N3O. The Morgan fingerprint density at radius 2 is 1.86 bits per heavy atom. The van der Waals surface area contributed by atoms with E-state index in [-0.39, 0.29) is 6.10 Å². The quantitative estimate of drug-likeness (QED) is 0.779. The molecule has 0 radical (unpaired) electrons. The summed E-state index contributed by atoms with van der Waals surface area (Å²) in [5.74, 6) is 0. The molecule has 1 saturated heterocycles. The number of nitrogens with one attached hydrogen (secondary N) is 2. The molecule has 1 atom stereocenters. The van der Waals surface area contributed by atoms with Crippen LogP contribution >= 0.6 is 0 Å². The van der Waals surface area contributed by atoms with Gasteiger partial charge in [-0.25, -0.2) is 0 Å². The first-order valence-electron chi connectivity index (χ1n) is 7.65. The number of hydrogen-bond acceptors (Lipinski definition) is 4. The van der Waals surface area contributed by atoms with Gasteiger partial charge in [0.25, 0.3) is 0 Å². The van der Waals surface area contributed by atoms with Gasteiger partial charge < -0.3 is 15.7 Å². The van der Waals surface area contributed by atoms with Crippen molar-refractivity contribution in [2.24, 2.45) is 0 Å². The molecule has 112 valence electrons. The van der Waals surface area contributed by atoms with E-state index >= 15 is 0 Å². The normalized spacial score (nSPS) is 17.8. The molecule has 0 spiro atoms. The van der Waals surface area contributed by atoms with E-state index in [0.29, 0.717) is 6.54 Å². The lowest BCUT2D eigenvalue weighted by molar-refractivity contribution is 0.114. The largest absolute Gasteiger partial charge is 0.390 e. The molecule has 4 nitrogen and oxygen atoms in total. The summed E-state index contributed by atoms with van der Waals surface area (Å²) in [5, 5.41) is 19.3. The average Bonchev–Trinajstić information content (AvgIpc) is 2.54. The highest BCUT2D eigenvalue weighted by atomic mass is 16.3. The first kappa shape index (κ1) is 14.3. The summed E-state index contributed by atoms with van der Waals surface area (Å²) in [5.41, 5.74) is 1.06. The van der Waals surface area contributed by atoms with Crippen LogP contribution in [0.2, 0.25) is 0 Å². The minimum absolute atomic E-state index is 0.338. The van der Waals surface area contributed by atoms with Gasteiger partial charge in [0.1, 0.15) is 0 Å². The number of piperazine rings is 1. The molecule has 0 aliphatic carbocycles. The second-order valence-corrected chi connectivity index (χ2v) is 5.65. The van der Waals surface area contributed by atoms with Crippen molar-refractivity contribution < 1.29 is 5.11 Å². The van der Waals surface area contributed by atoms with Crippen LogP contribution in [0.5, 0.6) is 0 Å². The maximum Gasteiger partial charge on any atom is 0.0839 e. The lowest BCUT2D eigenvalue weighted by atomic mass is 10.1. The number of hydrogen-bond donors (Lipinski definition) is 3. The maximum absolute atomic E-state index is 10.2. The molecular weight excluding hydrogens is 262 g/mol. The SMILES string of the molecule is OC(CNc1ccc2ccccc2c1)CN1CCNCC1. The van der Waals surface area contributed by atoms with Crippen molar-refractivity contribution in [3.8, 4) is 0 Å². The Hall–Kier alpha value is -1.62. The van der Waals surface area contributed by atoms with E-state index in [2.05, 4.69) is 45.9 Å². The number of β-amino-alcohol motifs (C(OH)–C–C–N with tert-alkyl or cyclic N) is 1. The molecule has 2 aromatic rings. The van der Waals surface area contributed by atoms with E-state index in [9.17, 15) is 5.11 Å². The van der Waals surface area contributed by atoms with E-state index in [4.69, 9.17) is 0 Å². The molecule has 2 aromatic carbocycles. The zero-order chi connectivity index (χ0) is 14.5. The third kappa shape index (κ3) is 3.94. The highest BCUT2D eigenvalue weighted by molar-refractivity contribution is 5.85. The molecule has 0 bridgehead atoms. The fourth-order valence-electron chi connectivity index (χ4n) is 2.79. The van der Waals surface area contributed by atoms with E-state index in [1.54, 1.807) is 0 Å². The van der Waals surface area contributed by atoms with Gasteiger partial charge in [-0.15, -0.1) is 0 Å². The van der Waals surface area contributed by atoms with Crippen molar-refractivity contribution in [2.75, 3.05) is 44.6 Å². The molecule has 3 N–H and O–H groups in total. The summed E-state index contributed by atoms with van der Waals surface area (Å²) in [6.45, 7) is 5.40. The molecule has 4 heteroatoms. The van der Waals surface area contributed by atoms with Crippen LogP contribution in [-0.4, -0.2) is 55.4 Å². The van der Waals surface area contributed by atoms with Gasteiger partial charge in [-0.05, 0) is 22.9 Å². The highest BCUT2D eigenvalue weighted by Gasteiger charge is 2.13. The van der Waals surface area contributed by atoms with Crippen LogP contribution in [0.4, 0.5) is 5.69 Å². The standard InChI is InChI=1S/C17H23N3O/c21-17(13-20-9-7-18-8-10-20)12-19-16-6-5-14-3-1-2-4-15(14)11-16/h1-6,11,17-19,21H,7-10,12-13H2. The highest BCUT2D eigenvalue weighted by Crippen LogP contribution is 2.18. The molecule has 0 amide bonds. The second-order valence-electron chi connectivity index (χ2n) is 5.65. The number of benzene rings is 2. The molecule has 0 aromatic heterocycles. The number of anilines is 1. The zero-order valence-electron chi connectivity index (χ0n) is 12.3. The van der Waals surface area contributed by atoms with Gasteiger partial charge in [-0.2, -0.15) is 0 Å². The molecule has 3 rings (SSSR count). The lowest BCUT2D eigenvalue weighted by Crippen LogP contribution is -2.47. The maximum atomic E-state index is 10.2. The molecule has 1 aliphatic rings. The predicted molar refractivity (Wildman–Crippen MR) is 87.8 cm³/mol. The number of aliphatic hydroxyl groups is 1. The van der Waals surface area contributed by atoms with Crippen LogP contribution in [-0.2, 0) is 0 Å². The van der Waals surface area contributed by atoms with Crippen LogP contribution < -0.4 is 10.6 Å². The average molecular weight is 285 g/mol. The van der Waals surface area contributed by atoms with Gasteiger partial charge in [-0.1, -0.05) is 30.3 Å². The van der Waals surface area contributed by atoms with E-state index in [0.717, 1.165) is 38.4 Å². The van der Waals surface area contributed by atoms with Crippen LogP contribution in [0.1, 0.15) is 0 Å². The molecule has 1 fully saturated rings. The Balaban J connectivity index is 1.53. The topological polar surface area (TPSA) is 47.5 Å². The minimum atomic E-state index is -0.338. The van der Waals surface area contributed by atoms with Gasteiger partial charge in [0.05, 0.1) is 6.10 Å². The third-order valence-corrected chi connectivity index (χ3v) is 3.97. The van der Waals surface area contributed by atoms with Gasteiger partial charge in [0.2, 0.25) is 0 Å². The first-order valence-corrected chi connectivity index (χ1v) is 7.65. The van der Waals surface area contributed by atoms with Crippen molar-refractivity contribution in [1.82, 2.24) is 10.2 Å². The fraction of sp³-hybridized carbons (Fsp3) is 0.412. The van der Waals surface area contributed by atoms with E-state index in [1.165, 1.54) is 10.8 Å².